The number of ether oxygens (including phenoxy) is 1. The second-order valence-corrected chi connectivity index (χ2v) is 5.05. The molecule has 4 heteroatoms. The first-order valence-corrected chi connectivity index (χ1v) is 7.02. The highest BCUT2D eigenvalue weighted by molar-refractivity contribution is 6.15. The molecule has 0 aliphatic carbocycles. The number of ketones is 1. The fraction of sp³-hybridized carbons (Fsp3) is 0.0526. The maximum atomic E-state index is 14.2. The smallest absolute Gasteiger partial charge is 0.338 e. The third-order valence-corrected chi connectivity index (χ3v) is 3.66. The molecule has 0 aliphatic rings. The minimum atomic E-state index is -0.744. The largest absolute Gasteiger partial charge is 0.465 e. The number of rotatable bonds is 3. The molecule has 0 spiro atoms. The Balaban J connectivity index is 2.14. The zero-order valence-corrected chi connectivity index (χ0v) is 12.4. The number of carbonyl (C=O) groups excluding carboxylic acids is 2. The van der Waals surface area contributed by atoms with E-state index in [0.29, 0.717) is 5.56 Å². The molecule has 0 N–H and O–H groups in total. The van der Waals surface area contributed by atoms with Crippen molar-refractivity contribution in [3.8, 4) is 0 Å². The molecular formula is C19H13FO3. The summed E-state index contributed by atoms with van der Waals surface area (Å²) in [6, 6.07) is 16.6. The predicted molar refractivity (Wildman–Crippen MR) is 85.1 cm³/mol. The molecule has 3 nitrogen and oxygen atoms in total. The minimum Gasteiger partial charge on any atom is -0.465 e. The second kappa shape index (κ2) is 6.01. The zero-order chi connectivity index (χ0) is 16.4. The summed E-state index contributed by atoms with van der Waals surface area (Å²) >= 11 is 0. The van der Waals surface area contributed by atoms with Crippen molar-refractivity contribution >= 4 is 22.5 Å². The molecule has 0 heterocycles. The number of hydrogen-bond donors (Lipinski definition) is 0. The first kappa shape index (κ1) is 14.9. The van der Waals surface area contributed by atoms with Gasteiger partial charge >= 0.3 is 5.97 Å². The Bertz CT molecular complexity index is 915. The van der Waals surface area contributed by atoms with Crippen LogP contribution >= 0.6 is 0 Å². The third kappa shape index (κ3) is 2.71. The number of hydrogen-bond acceptors (Lipinski definition) is 3. The fourth-order valence-electron chi connectivity index (χ4n) is 2.51. The summed E-state index contributed by atoms with van der Waals surface area (Å²) in [7, 11) is 1.19. The van der Waals surface area contributed by atoms with E-state index in [1.807, 2.05) is 24.3 Å². The van der Waals surface area contributed by atoms with Crippen molar-refractivity contribution < 1.29 is 18.7 Å². The van der Waals surface area contributed by atoms with Crippen LogP contribution in [0.4, 0.5) is 4.39 Å². The van der Waals surface area contributed by atoms with Gasteiger partial charge in [-0.3, -0.25) is 4.79 Å². The van der Waals surface area contributed by atoms with Gasteiger partial charge in [-0.25, -0.2) is 9.18 Å². The summed E-state index contributed by atoms with van der Waals surface area (Å²) in [6.45, 7) is 0. The van der Waals surface area contributed by atoms with Gasteiger partial charge in [-0.05, 0) is 29.0 Å². The highest BCUT2D eigenvalue weighted by Crippen LogP contribution is 2.22. The number of fused-ring (bicyclic) bond motifs is 1. The Labute approximate surface area is 132 Å². The molecule has 0 amide bonds. The lowest BCUT2D eigenvalue weighted by atomic mass is 9.96. The van der Waals surface area contributed by atoms with Crippen LogP contribution in [0.5, 0.6) is 0 Å². The van der Waals surface area contributed by atoms with Crippen molar-refractivity contribution in [3.05, 3.63) is 83.2 Å². The average molecular weight is 308 g/mol. The van der Waals surface area contributed by atoms with Gasteiger partial charge in [0.25, 0.3) is 0 Å². The highest BCUT2D eigenvalue weighted by atomic mass is 19.1. The van der Waals surface area contributed by atoms with Gasteiger partial charge in [0.05, 0.1) is 18.2 Å². The third-order valence-electron chi connectivity index (χ3n) is 3.66. The normalized spacial score (nSPS) is 10.5. The summed E-state index contributed by atoms with van der Waals surface area (Å²) in [5, 5.41) is 1.85. The molecule has 0 atom stereocenters. The summed E-state index contributed by atoms with van der Waals surface area (Å²) in [5.41, 5.74) is -0.0285. The molecule has 114 valence electrons. The monoisotopic (exact) mass is 308 g/mol. The molecule has 0 fully saturated rings. The van der Waals surface area contributed by atoms with E-state index in [0.717, 1.165) is 16.8 Å². The van der Waals surface area contributed by atoms with Gasteiger partial charge in [0.15, 0.2) is 5.78 Å². The minimum absolute atomic E-state index is 0.0781. The van der Waals surface area contributed by atoms with E-state index in [4.69, 9.17) is 0 Å². The lowest BCUT2D eigenvalue weighted by Gasteiger charge is -2.09. The van der Waals surface area contributed by atoms with E-state index >= 15 is 0 Å². The van der Waals surface area contributed by atoms with Gasteiger partial charge in [-0.15, -0.1) is 0 Å². The summed E-state index contributed by atoms with van der Waals surface area (Å²) < 4.78 is 18.8. The van der Waals surface area contributed by atoms with Crippen LogP contribution in [0.1, 0.15) is 26.3 Å². The molecule has 0 saturated heterocycles. The van der Waals surface area contributed by atoms with Crippen LogP contribution in [0.25, 0.3) is 10.8 Å². The van der Waals surface area contributed by atoms with Crippen LogP contribution in [0.2, 0.25) is 0 Å². The molecule has 3 aromatic rings. The molecule has 0 aromatic heterocycles. The van der Waals surface area contributed by atoms with Crippen LogP contribution in [0.3, 0.4) is 0 Å². The van der Waals surface area contributed by atoms with Gasteiger partial charge in [0, 0.05) is 5.56 Å². The number of carbonyl (C=O) groups is 2. The molecular weight excluding hydrogens is 295 g/mol. The van der Waals surface area contributed by atoms with Crippen molar-refractivity contribution in [2.45, 2.75) is 0 Å². The summed E-state index contributed by atoms with van der Waals surface area (Å²) in [6.07, 6.45) is 0. The fourth-order valence-corrected chi connectivity index (χ4v) is 2.51. The van der Waals surface area contributed by atoms with E-state index < -0.39 is 17.6 Å². The van der Waals surface area contributed by atoms with Gasteiger partial charge in [-0.2, -0.15) is 0 Å². The van der Waals surface area contributed by atoms with Gasteiger partial charge in [0.1, 0.15) is 5.82 Å². The maximum absolute atomic E-state index is 14.2. The zero-order valence-electron chi connectivity index (χ0n) is 12.4. The van der Waals surface area contributed by atoms with E-state index in [1.165, 1.54) is 19.2 Å². The van der Waals surface area contributed by atoms with Crippen LogP contribution < -0.4 is 0 Å². The molecule has 3 aromatic carbocycles. The Morgan fingerprint density at radius 3 is 2.39 bits per heavy atom. The van der Waals surface area contributed by atoms with Crippen molar-refractivity contribution in [2.75, 3.05) is 7.11 Å². The number of methoxy groups -OCH3 is 1. The van der Waals surface area contributed by atoms with Crippen molar-refractivity contribution in [2.24, 2.45) is 0 Å². The first-order chi connectivity index (χ1) is 11.1. The molecule has 0 unspecified atom stereocenters. The molecule has 0 aliphatic heterocycles. The lowest BCUT2D eigenvalue weighted by molar-refractivity contribution is 0.0596. The van der Waals surface area contributed by atoms with E-state index in [9.17, 15) is 14.0 Å². The van der Waals surface area contributed by atoms with Crippen molar-refractivity contribution in [1.29, 1.82) is 0 Å². The van der Waals surface area contributed by atoms with E-state index in [-0.39, 0.29) is 11.1 Å². The SMILES string of the molecule is COC(=O)c1cccc(F)c1C(=O)c1ccc2ccccc2c1. The van der Waals surface area contributed by atoms with Crippen LogP contribution in [-0.2, 0) is 4.74 Å². The standard InChI is InChI=1S/C19H13FO3/c1-23-19(22)15-7-4-8-16(20)17(15)18(21)14-10-9-12-5-2-3-6-13(12)11-14/h2-11H,1H3. The molecule has 3 rings (SSSR count). The van der Waals surface area contributed by atoms with Gasteiger partial charge in [-0.1, -0.05) is 42.5 Å². The van der Waals surface area contributed by atoms with Crippen molar-refractivity contribution in [1.82, 2.24) is 0 Å². The van der Waals surface area contributed by atoms with E-state index in [1.54, 1.807) is 18.2 Å². The van der Waals surface area contributed by atoms with Crippen LogP contribution in [-0.4, -0.2) is 18.9 Å². The molecule has 23 heavy (non-hydrogen) atoms. The maximum Gasteiger partial charge on any atom is 0.338 e. The Kier molecular flexibility index (Phi) is 3.89. The van der Waals surface area contributed by atoms with Crippen molar-refractivity contribution in [3.63, 3.8) is 0 Å². The topological polar surface area (TPSA) is 43.4 Å². The van der Waals surface area contributed by atoms with E-state index in [2.05, 4.69) is 4.74 Å². The highest BCUT2D eigenvalue weighted by Gasteiger charge is 2.23. The Hall–Kier alpha value is -3.01. The Morgan fingerprint density at radius 2 is 1.65 bits per heavy atom. The predicted octanol–water partition coefficient (Wildman–Crippen LogP) is 4.00. The molecule has 0 bridgehead atoms. The number of halogens is 1. The van der Waals surface area contributed by atoms with Crippen LogP contribution in [0.15, 0.2) is 60.7 Å². The first-order valence-electron chi connectivity index (χ1n) is 7.02. The van der Waals surface area contributed by atoms with Gasteiger partial charge < -0.3 is 4.74 Å². The van der Waals surface area contributed by atoms with Gasteiger partial charge in [0.2, 0.25) is 0 Å². The second-order valence-electron chi connectivity index (χ2n) is 5.05. The molecule has 0 radical (unpaired) electrons. The Morgan fingerprint density at radius 1 is 0.913 bits per heavy atom. The number of benzene rings is 3. The number of esters is 1. The summed E-state index contributed by atoms with van der Waals surface area (Å²) in [4.78, 5) is 24.5. The van der Waals surface area contributed by atoms with Crippen LogP contribution in [0, 0.1) is 5.82 Å². The average Bonchev–Trinajstić information content (AvgIpc) is 2.59. The quantitative estimate of drug-likeness (QED) is 0.542. The summed E-state index contributed by atoms with van der Waals surface area (Å²) in [5.74, 6) is -2.03. The lowest BCUT2D eigenvalue weighted by Crippen LogP contribution is -2.13. The molecule has 0 saturated carbocycles.